The molecule has 0 aliphatic heterocycles. The highest BCUT2D eigenvalue weighted by Gasteiger charge is 2.25. The first-order valence-corrected chi connectivity index (χ1v) is 8.27. The third-order valence-electron chi connectivity index (χ3n) is 2.72. The zero-order valence-corrected chi connectivity index (χ0v) is 12.9. The van der Waals surface area contributed by atoms with Gasteiger partial charge in [-0.05, 0) is 33.3 Å². The summed E-state index contributed by atoms with van der Waals surface area (Å²) in [4.78, 5) is 2.06. The van der Waals surface area contributed by atoms with Crippen molar-refractivity contribution >= 4 is 21.4 Å². The van der Waals surface area contributed by atoms with Crippen LogP contribution in [-0.4, -0.2) is 25.7 Å². The van der Waals surface area contributed by atoms with Gasteiger partial charge in [0.1, 0.15) is 0 Å². The molecule has 0 aromatic carbocycles. The largest absolute Gasteiger partial charge is 0.389 e. The number of nitrogens with one attached hydrogen (secondary N) is 1. The maximum absolute atomic E-state index is 12.1. The molecule has 18 heavy (non-hydrogen) atoms. The van der Waals surface area contributed by atoms with Crippen molar-refractivity contribution in [2.45, 2.75) is 51.0 Å². The first-order chi connectivity index (χ1) is 8.18. The van der Waals surface area contributed by atoms with Gasteiger partial charge in [-0.2, -0.15) is 0 Å². The van der Waals surface area contributed by atoms with Crippen LogP contribution >= 0.6 is 11.3 Å². The van der Waals surface area contributed by atoms with E-state index in [4.69, 9.17) is 0 Å². The highest BCUT2D eigenvalue weighted by atomic mass is 32.2. The van der Waals surface area contributed by atoms with Gasteiger partial charge in [0.25, 0.3) is 0 Å². The molecule has 0 saturated heterocycles. The highest BCUT2D eigenvalue weighted by molar-refractivity contribution is 7.89. The number of aryl methyl sites for hydroxylation is 2. The lowest BCUT2D eigenvalue weighted by Gasteiger charge is -2.22. The number of sulfonamides is 1. The molecule has 1 aromatic rings. The lowest BCUT2D eigenvalue weighted by atomic mass is 10.0. The van der Waals surface area contributed by atoms with E-state index in [0.717, 1.165) is 16.2 Å². The fourth-order valence-electron chi connectivity index (χ4n) is 1.83. The molecule has 4 nitrogen and oxygen atoms in total. The summed E-state index contributed by atoms with van der Waals surface area (Å²) >= 11 is 1.46. The van der Waals surface area contributed by atoms with Crippen molar-refractivity contribution in [3.63, 3.8) is 0 Å². The van der Waals surface area contributed by atoms with E-state index in [2.05, 4.69) is 4.72 Å². The molecule has 2 N–H and O–H groups in total. The van der Waals surface area contributed by atoms with Crippen LogP contribution in [0, 0.1) is 13.8 Å². The van der Waals surface area contributed by atoms with Gasteiger partial charge >= 0.3 is 0 Å². The van der Waals surface area contributed by atoms with Crippen LogP contribution in [0.5, 0.6) is 0 Å². The topological polar surface area (TPSA) is 66.4 Å². The van der Waals surface area contributed by atoms with E-state index in [9.17, 15) is 13.5 Å². The molecule has 0 fully saturated rings. The third kappa shape index (κ3) is 4.05. The zero-order valence-electron chi connectivity index (χ0n) is 11.3. The van der Waals surface area contributed by atoms with Crippen molar-refractivity contribution in [1.82, 2.24) is 4.72 Å². The molecule has 0 radical (unpaired) electrons. The summed E-state index contributed by atoms with van der Waals surface area (Å²) in [5, 5.41) is 9.97. The second-order valence-corrected chi connectivity index (χ2v) is 8.04. The zero-order chi connectivity index (χ0) is 14.0. The highest BCUT2D eigenvalue weighted by Crippen LogP contribution is 2.25. The van der Waals surface area contributed by atoms with Crippen LogP contribution in [0.4, 0.5) is 0 Å². The number of hydrogen-bond donors (Lipinski definition) is 2. The van der Waals surface area contributed by atoms with Crippen LogP contribution < -0.4 is 4.72 Å². The smallest absolute Gasteiger partial charge is 0.241 e. The molecule has 1 atom stereocenters. The van der Waals surface area contributed by atoms with Crippen molar-refractivity contribution in [2.75, 3.05) is 6.54 Å². The molecule has 0 amide bonds. The fraction of sp³-hybridized carbons (Fsp3) is 0.667. The Morgan fingerprint density at radius 2 is 2.06 bits per heavy atom. The Morgan fingerprint density at radius 3 is 2.50 bits per heavy atom. The second-order valence-electron chi connectivity index (χ2n) is 4.85. The molecule has 0 aliphatic rings. The Kier molecular flexibility index (Phi) is 4.94. The second kappa shape index (κ2) is 5.69. The predicted octanol–water partition coefficient (Wildman–Crippen LogP) is 2.19. The summed E-state index contributed by atoms with van der Waals surface area (Å²) in [5.74, 6) is 0. The Bertz CT molecular complexity index is 503. The Morgan fingerprint density at radius 1 is 1.44 bits per heavy atom. The molecule has 0 aliphatic carbocycles. The molecule has 104 valence electrons. The number of aliphatic hydroxyl groups is 1. The van der Waals surface area contributed by atoms with Gasteiger partial charge in [0, 0.05) is 16.3 Å². The van der Waals surface area contributed by atoms with Crippen molar-refractivity contribution in [3.8, 4) is 0 Å². The van der Waals surface area contributed by atoms with Crippen molar-refractivity contribution in [3.05, 3.63) is 15.8 Å². The Hall–Kier alpha value is -0.430. The maximum atomic E-state index is 12.1. The summed E-state index contributed by atoms with van der Waals surface area (Å²) in [6, 6.07) is 1.66. The lowest BCUT2D eigenvalue weighted by Crippen LogP contribution is -2.40. The van der Waals surface area contributed by atoms with Gasteiger partial charge in [-0.3, -0.25) is 0 Å². The molecule has 0 spiro atoms. The summed E-state index contributed by atoms with van der Waals surface area (Å²) in [5.41, 5.74) is -0.999. The third-order valence-corrected chi connectivity index (χ3v) is 5.34. The van der Waals surface area contributed by atoms with Crippen LogP contribution in [0.2, 0.25) is 0 Å². The van der Waals surface area contributed by atoms with Gasteiger partial charge < -0.3 is 5.11 Å². The molecule has 1 heterocycles. The van der Waals surface area contributed by atoms with E-state index in [1.165, 1.54) is 11.3 Å². The summed E-state index contributed by atoms with van der Waals surface area (Å²) in [6.07, 6.45) is 1.38. The number of rotatable bonds is 6. The van der Waals surface area contributed by atoms with E-state index in [0.29, 0.717) is 11.3 Å². The molecule has 1 rings (SSSR count). The summed E-state index contributed by atoms with van der Waals surface area (Å²) in [6.45, 7) is 7.30. The predicted molar refractivity (Wildman–Crippen MR) is 74.5 cm³/mol. The molecular formula is C12H21NO3S2. The van der Waals surface area contributed by atoms with Gasteiger partial charge in [-0.1, -0.05) is 13.3 Å². The van der Waals surface area contributed by atoms with Gasteiger partial charge in [-0.25, -0.2) is 13.1 Å². The van der Waals surface area contributed by atoms with Crippen LogP contribution in [0.25, 0.3) is 0 Å². The Labute approximate surface area is 113 Å². The fourth-order valence-corrected chi connectivity index (χ4v) is 4.54. The van der Waals surface area contributed by atoms with E-state index in [1.807, 2.05) is 13.8 Å². The molecule has 0 bridgehead atoms. The number of hydrogen-bond acceptors (Lipinski definition) is 4. The average molecular weight is 291 g/mol. The molecular weight excluding hydrogens is 270 g/mol. The standard InChI is InChI=1S/C12H21NO3S2/c1-5-6-12(4,14)8-13-18(15,16)11-7-9(2)17-10(11)3/h7,13-14H,5-6,8H2,1-4H3. The van der Waals surface area contributed by atoms with Gasteiger partial charge in [0.2, 0.25) is 10.0 Å². The van der Waals surface area contributed by atoms with Gasteiger partial charge in [-0.15, -0.1) is 11.3 Å². The minimum Gasteiger partial charge on any atom is -0.389 e. The van der Waals surface area contributed by atoms with E-state index in [1.54, 1.807) is 19.9 Å². The molecule has 0 saturated carbocycles. The first kappa shape index (κ1) is 15.6. The average Bonchev–Trinajstić information content (AvgIpc) is 2.56. The summed E-state index contributed by atoms with van der Waals surface area (Å²) < 4.78 is 26.7. The minimum atomic E-state index is -3.52. The van der Waals surface area contributed by atoms with Gasteiger partial charge in [0.15, 0.2) is 0 Å². The van der Waals surface area contributed by atoms with E-state index < -0.39 is 15.6 Å². The first-order valence-electron chi connectivity index (χ1n) is 5.97. The molecule has 6 heteroatoms. The van der Waals surface area contributed by atoms with Crippen LogP contribution in [0.15, 0.2) is 11.0 Å². The van der Waals surface area contributed by atoms with Crippen LogP contribution in [-0.2, 0) is 10.0 Å². The quantitative estimate of drug-likeness (QED) is 0.844. The molecule has 1 unspecified atom stereocenters. The minimum absolute atomic E-state index is 0.0392. The van der Waals surface area contributed by atoms with Crippen LogP contribution in [0.3, 0.4) is 0 Å². The van der Waals surface area contributed by atoms with Crippen molar-refractivity contribution in [1.29, 1.82) is 0 Å². The lowest BCUT2D eigenvalue weighted by molar-refractivity contribution is 0.0554. The van der Waals surface area contributed by atoms with Gasteiger partial charge in [0.05, 0.1) is 10.5 Å². The maximum Gasteiger partial charge on any atom is 0.241 e. The SMILES string of the molecule is CCCC(C)(O)CNS(=O)(=O)c1cc(C)sc1C. The summed E-state index contributed by atoms with van der Waals surface area (Å²) in [7, 11) is -3.52. The monoisotopic (exact) mass is 291 g/mol. The van der Waals surface area contributed by atoms with E-state index in [-0.39, 0.29) is 6.54 Å². The van der Waals surface area contributed by atoms with Crippen LogP contribution in [0.1, 0.15) is 36.4 Å². The van der Waals surface area contributed by atoms with E-state index >= 15 is 0 Å². The van der Waals surface area contributed by atoms with Crippen molar-refractivity contribution in [2.24, 2.45) is 0 Å². The normalized spacial score (nSPS) is 15.6. The number of thiophene rings is 1. The Balaban J connectivity index is 2.81. The molecule has 1 aromatic heterocycles. The van der Waals surface area contributed by atoms with Crippen molar-refractivity contribution < 1.29 is 13.5 Å².